The molecule has 21 heavy (non-hydrogen) atoms. The number of rotatable bonds is 5. The van der Waals surface area contributed by atoms with Gasteiger partial charge in [-0.1, -0.05) is 18.5 Å². The van der Waals surface area contributed by atoms with Crippen LogP contribution in [0.1, 0.15) is 13.3 Å². The van der Waals surface area contributed by atoms with Crippen molar-refractivity contribution < 1.29 is 13.2 Å². The second kappa shape index (κ2) is 7.06. The van der Waals surface area contributed by atoms with Crippen LogP contribution in [-0.4, -0.2) is 40.0 Å². The molecule has 3 N–H and O–H groups in total. The summed E-state index contributed by atoms with van der Waals surface area (Å²) in [5.74, 6) is 0.0460. The van der Waals surface area contributed by atoms with E-state index >= 15 is 0 Å². The second-order valence-corrected chi connectivity index (χ2v) is 8.74. The van der Waals surface area contributed by atoms with Gasteiger partial charge in [-0.3, -0.25) is 4.79 Å². The fourth-order valence-corrected chi connectivity index (χ4v) is 4.62. The molecule has 2 heterocycles. The molecule has 118 valence electrons. The van der Waals surface area contributed by atoms with E-state index in [0.29, 0.717) is 16.8 Å². The van der Waals surface area contributed by atoms with Crippen LogP contribution in [0.3, 0.4) is 0 Å². The van der Waals surface area contributed by atoms with E-state index < -0.39 is 10.0 Å². The van der Waals surface area contributed by atoms with Crippen molar-refractivity contribution >= 4 is 38.9 Å². The number of halogens is 1. The molecule has 0 aliphatic carbocycles. The largest absolute Gasteiger partial charge is 0.351 e. The van der Waals surface area contributed by atoms with Gasteiger partial charge in [0.1, 0.15) is 4.21 Å². The molecule has 0 bridgehead atoms. The molecule has 1 aliphatic heterocycles. The van der Waals surface area contributed by atoms with Gasteiger partial charge in [0.25, 0.3) is 10.0 Å². The number of piperidine rings is 1. The van der Waals surface area contributed by atoms with Gasteiger partial charge in [-0.25, -0.2) is 13.1 Å². The van der Waals surface area contributed by atoms with Crippen LogP contribution < -0.4 is 15.4 Å². The van der Waals surface area contributed by atoms with Gasteiger partial charge in [-0.05, 0) is 31.0 Å². The smallest absolute Gasteiger partial charge is 0.250 e. The Morgan fingerprint density at radius 1 is 1.52 bits per heavy atom. The minimum absolute atomic E-state index is 0.0342. The van der Waals surface area contributed by atoms with E-state index in [1.165, 1.54) is 12.1 Å². The van der Waals surface area contributed by atoms with E-state index in [2.05, 4.69) is 22.3 Å². The molecule has 2 unspecified atom stereocenters. The molecule has 1 aromatic heterocycles. The Labute approximate surface area is 133 Å². The van der Waals surface area contributed by atoms with E-state index in [0.717, 1.165) is 24.3 Å². The predicted molar refractivity (Wildman–Crippen MR) is 83.1 cm³/mol. The number of thiophene rings is 1. The summed E-state index contributed by atoms with van der Waals surface area (Å²) in [5, 5.41) is 6.05. The van der Waals surface area contributed by atoms with Crippen LogP contribution in [0.15, 0.2) is 16.3 Å². The lowest BCUT2D eigenvalue weighted by Crippen LogP contribution is -2.52. The molecule has 1 fully saturated rings. The maximum atomic E-state index is 12.0. The fourth-order valence-electron chi connectivity index (χ4n) is 2.11. The normalized spacial score (nSPS) is 23.0. The first kappa shape index (κ1) is 16.7. The Morgan fingerprint density at radius 3 is 2.90 bits per heavy atom. The first-order chi connectivity index (χ1) is 9.88. The molecule has 6 nitrogen and oxygen atoms in total. The van der Waals surface area contributed by atoms with E-state index in [4.69, 9.17) is 11.6 Å². The van der Waals surface area contributed by atoms with Crippen molar-refractivity contribution in [1.29, 1.82) is 0 Å². The number of amides is 1. The SMILES string of the molecule is CC1CCNCC1NC(=O)CNS(=O)(=O)c1ccc(Cl)s1. The molecule has 2 rings (SSSR count). The number of hydrogen-bond acceptors (Lipinski definition) is 5. The second-order valence-electron chi connectivity index (χ2n) is 5.03. The molecule has 0 aromatic carbocycles. The van der Waals surface area contributed by atoms with Crippen LogP contribution >= 0.6 is 22.9 Å². The molecule has 9 heteroatoms. The topological polar surface area (TPSA) is 87.3 Å². The lowest BCUT2D eigenvalue weighted by atomic mass is 9.95. The van der Waals surface area contributed by atoms with Crippen molar-refractivity contribution in [2.24, 2.45) is 5.92 Å². The monoisotopic (exact) mass is 351 g/mol. The highest BCUT2D eigenvalue weighted by atomic mass is 35.5. The zero-order valence-electron chi connectivity index (χ0n) is 11.6. The van der Waals surface area contributed by atoms with Crippen LogP contribution in [0.2, 0.25) is 4.34 Å². The number of carbonyl (C=O) groups is 1. The van der Waals surface area contributed by atoms with Crippen molar-refractivity contribution in [3.8, 4) is 0 Å². The molecule has 0 spiro atoms. The molecule has 1 aromatic rings. The number of nitrogens with one attached hydrogen (secondary N) is 3. The molecule has 1 saturated heterocycles. The number of sulfonamides is 1. The summed E-state index contributed by atoms with van der Waals surface area (Å²) in [4.78, 5) is 11.9. The van der Waals surface area contributed by atoms with E-state index in [1.54, 1.807) is 0 Å². The van der Waals surface area contributed by atoms with Gasteiger partial charge in [0, 0.05) is 12.6 Å². The standard InChI is InChI=1S/C12H18ClN3O3S2/c1-8-4-5-14-6-9(8)16-11(17)7-15-21(18,19)12-3-2-10(13)20-12/h2-3,8-9,14-15H,4-7H2,1H3,(H,16,17). The Bertz CT molecular complexity index is 603. The van der Waals surface area contributed by atoms with Crippen LogP contribution in [0.4, 0.5) is 0 Å². The molecule has 0 saturated carbocycles. The Morgan fingerprint density at radius 2 is 2.29 bits per heavy atom. The Kier molecular flexibility index (Phi) is 5.61. The van der Waals surface area contributed by atoms with Crippen LogP contribution in [0, 0.1) is 5.92 Å². The average molecular weight is 352 g/mol. The summed E-state index contributed by atoms with van der Waals surface area (Å²) in [5.41, 5.74) is 0. The van der Waals surface area contributed by atoms with Crippen LogP contribution in [0.5, 0.6) is 0 Å². The van der Waals surface area contributed by atoms with Gasteiger partial charge in [0.15, 0.2) is 0 Å². The summed E-state index contributed by atoms with van der Waals surface area (Å²) in [6.45, 7) is 3.45. The molecule has 1 aliphatic rings. The summed E-state index contributed by atoms with van der Waals surface area (Å²) < 4.78 is 26.7. The number of carbonyl (C=O) groups excluding carboxylic acids is 1. The van der Waals surface area contributed by atoms with Crippen molar-refractivity contribution in [3.05, 3.63) is 16.5 Å². The van der Waals surface area contributed by atoms with Crippen molar-refractivity contribution in [2.45, 2.75) is 23.6 Å². The molecule has 0 radical (unpaired) electrons. The number of hydrogen-bond donors (Lipinski definition) is 3. The molecule has 1 amide bonds. The summed E-state index contributed by atoms with van der Waals surface area (Å²) in [6, 6.07) is 2.96. The maximum Gasteiger partial charge on any atom is 0.250 e. The molecular formula is C12H18ClN3O3S2. The third-order valence-electron chi connectivity index (χ3n) is 3.41. The van der Waals surface area contributed by atoms with Gasteiger partial charge in [0.2, 0.25) is 5.91 Å². The minimum Gasteiger partial charge on any atom is -0.351 e. The third-order valence-corrected chi connectivity index (χ3v) is 6.53. The van der Waals surface area contributed by atoms with Crippen LogP contribution in [-0.2, 0) is 14.8 Å². The Hall–Kier alpha value is -0.670. The highest BCUT2D eigenvalue weighted by molar-refractivity contribution is 7.91. The molecular weight excluding hydrogens is 334 g/mol. The maximum absolute atomic E-state index is 12.0. The van der Waals surface area contributed by atoms with Gasteiger partial charge >= 0.3 is 0 Å². The van der Waals surface area contributed by atoms with Gasteiger partial charge in [-0.15, -0.1) is 11.3 Å². The van der Waals surface area contributed by atoms with E-state index in [-0.39, 0.29) is 22.7 Å². The first-order valence-corrected chi connectivity index (χ1v) is 9.31. The zero-order valence-corrected chi connectivity index (χ0v) is 13.9. The Balaban J connectivity index is 1.86. The summed E-state index contributed by atoms with van der Waals surface area (Å²) in [6.07, 6.45) is 0.990. The highest BCUT2D eigenvalue weighted by Gasteiger charge is 2.23. The van der Waals surface area contributed by atoms with Crippen molar-refractivity contribution in [2.75, 3.05) is 19.6 Å². The van der Waals surface area contributed by atoms with Crippen molar-refractivity contribution in [1.82, 2.24) is 15.4 Å². The molecule has 2 atom stereocenters. The van der Waals surface area contributed by atoms with E-state index in [9.17, 15) is 13.2 Å². The lowest BCUT2D eigenvalue weighted by molar-refractivity contribution is -0.121. The first-order valence-electron chi connectivity index (χ1n) is 6.63. The van der Waals surface area contributed by atoms with E-state index in [1.807, 2.05) is 0 Å². The lowest BCUT2D eigenvalue weighted by Gasteiger charge is -2.30. The van der Waals surface area contributed by atoms with Crippen LogP contribution in [0.25, 0.3) is 0 Å². The quantitative estimate of drug-likeness (QED) is 0.732. The van der Waals surface area contributed by atoms with Crippen molar-refractivity contribution in [3.63, 3.8) is 0 Å². The predicted octanol–water partition coefficient (Wildman–Crippen LogP) is 0.794. The minimum atomic E-state index is -3.68. The highest BCUT2D eigenvalue weighted by Crippen LogP contribution is 2.25. The fraction of sp³-hybridized carbons (Fsp3) is 0.583. The van der Waals surface area contributed by atoms with Gasteiger partial charge < -0.3 is 10.6 Å². The summed E-state index contributed by atoms with van der Waals surface area (Å²) in [7, 11) is -3.68. The summed E-state index contributed by atoms with van der Waals surface area (Å²) >= 11 is 6.67. The van der Waals surface area contributed by atoms with Gasteiger partial charge in [0.05, 0.1) is 10.9 Å². The third kappa shape index (κ3) is 4.65. The van der Waals surface area contributed by atoms with Gasteiger partial charge in [-0.2, -0.15) is 0 Å². The average Bonchev–Trinajstić information content (AvgIpc) is 2.87. The zero-order chi connectivity index (χ0) is 15.5.